The van der Waals surface area contributed by atoms with Crippen LogP contribution in [0.25, 0.3) is 0 Å². The van der Waals surface area contributed by atoms with Crippen molar-refractivity contribution in [2.75, 3.05) is 19.3 Å². The maximum Gasteiger partial charge on any atom is 0.245 e. The lowest BCUT2D eigenvalue weighted by Gasteiger charge is -2.37. The van der Waals surface area contributed by atoms with Gasteiger partial charge in [0.2, 0.25) is 11.8 Å². The molecule has 0 unspecified atom stereocenters. The summed E-state index contributed by atoms with van der Waals surface area (Å²) in [5, 5.41) is 2.92. The van der Waals surface area contributed by atoms with Crippen LogP contribution < -0.4 is 5.32 Å². The molecule has 4 rings (SSSR count). The lowest BCUT2D eigenvalue weighted by molar-refractivity contribution is -0.134. The second-order valence-electron chi connectivity index (χ2n) is 9.17. The van der Waals surface area contributed by atoms with Gasteiger partial charge in [0.15, 0.2) is 0 Å². The number of nitrogens with zero attached hydrogens (tertiary/aromatic N) is 2. The average molecular weight is 524 g/mol. The summed E-state index contributed by atoms with van der Waals surface area (Å²) in [6, 6.07) is 36.1. The van der Waals surface area contributed by atoms with Gasteiger partial charge in [0.1, 0.15) is 6.04 Å². The molecule has 0 fully saturated rings. The second kappa shape index (κ2) is 13.1. The zero-order valence-electron chi connectivity index (χ0n) is 21.8. The highest BCUT2D eigenvalue weighted by Gasteiger charge is 2.38. The number of hydrogen-bond donors (Lipinski definition) is 1. The lowest BCUT2D eigenvalue weighted by Crippen LogP contribution is -2.49. The first-order valence-corrected chi connectivity index (χ1v) is 13.7. The fourth-order valence-corrected chi connectivity index (χ4v) is 6.15. The van der Waals surface area contributed by atoms with Gasteiger partial charge in [-0.15, -0.1) is 11.8 Å². The van der Waals surface area contributed by atoms with Crippen molar-refractivity contribution in [3.05, 3.63) is 138 Å². The van der Waals surface area contributed by atoms with Crippen molar-refractivity contribution in [2.24, 2.45) is 0 Å². The fraction of sp³-hybridized carbons (Fsp3) is 0.219. The van der Waals surface area contributed by atoms with Crippen LogP contribution in [0, 0.1) is 0 Å². The fourth-order valence-electron chi connectivity index (χ4n) is 4.60. The van der Waals surface area contributed by atoms with Gasteiger partial charge < -0.3 is 10.2 Å². The van der Waals surface area contributed by atoms with E-state index in [2.05, 4.69) is 46.7 Å². The van der Waals surface area contributed by atoms with E-state index < -0.39 is 10.8 Å². The van der Waals surface area contributed by atoms with Crippen LogP contribution in [0.5, 0.6) is 0 Å². The molecule has 2 amide bonds. The zero-order valence-corrected chi connectivity index (χ0v) is 22.6. The third kappa shape index (κ3) is 6.50. The van der Waals surface area contributed by atoms with Crippen LogP contribution in [0.1, 0.15) is 29.3 Å². The maximum absolute atomic E-state index is 13.6. The highest BCUT2D eigenvalue weighted by Crippen LogP contribution is 2.48. The van der Waals surface area contributed by atoms with E-state index in [1.807, 2.05) is 72.8 Å². The Hall–Kier alpha value is -3.90. The van der Waals surface area contributed by atoms with Crippen molar-refractivity contribution in [2.45, 2.75) is 24.1 Å². The first-order valence-electron chi connectivity index (χ1n) is 12.7. The van der Waals surface area contributed by atoms with Crippen LogP contribution in [0.3, 0.4) is 0 Å². The number of carbonyl (C=O) groups is 2. The largest absolute Gasteiger partial charge is 0.344 e. The predicted octanol–water partition coefficient (Wildman–Crippen LogP) is 5.31. The number of rotatable bonds is 11. The van der Waals surface area contributed by atoms with Crippen LogP contribution in [0.2, 0.25) is 0 Å². The minimum absolute atomic E-state index is 0.119. The Morgan fingerprint density at radius 1 is 0.816 bits per heavy atom. The van der Waals surface area contributed by atoms with Gasteiger partial charge in [-0.05, 0) is 28.8 Å². The van der Waals surface area contributed by atoms with Crippen molar-refractivity contribution in [1.29, 1.82) is 0 Å². The number of carbonyl (C=O) groups excluding carboxylic acids is 2. The molecule has 194 valence electrons. The van der Waals surface area contributed by atoms with Crippen molar-refractivity contribution in [1.82, 2.24) is 15.2 Å². The molecule has 0 spiro atoms. The number of aromatic nitrogens is 1. The average Bonchev–Trinajstić information content (AvgIpc) is 2.97. The Labute approximate surface area is 229 Å². The summed E-state index contributed by atoms with van der Waals surface area (Å²) in [4.78, 5) is 31.8. The van der Waals surface area contributed by atoms with Gasteiger partial charge in [0.05, 0.1) is 4.75 Å². The summed E-state index contributed by atoms with van der Waals surface area (Å²) in [6.07, 6.45) is 2.40. The van der Waals surface area contributed by atoms with Gasteiger partial charge in [-0.1, -0.05) is 97.1 Å². The Kier molecular flexibility index (Phi) is 9.33. The topological polar surface area (TPSA) is 62.3 Å². The smallest absolute Gasteiger partial charge is 0.245 e. The molecule has 0 saturated carbocycles. The van der Waals surface area contributed by atoms with Crippen molar-refractivity contribution in [3.63, 3.8) is 0 Å². The Bertz CT molecular complexity index is 1210. The van der Waals surface area contributed by atoms with Crippen LogP contribution in [0.4, 0.5) is 0 Å². The van der Waals surface area contributed by atoms with E-state index in [9.17, 15) is 9.59 Å². The minimum Gasteiger partial charge on any atom is -0.344 e. The van der Waals surface area contributed by atoms with Crippen LogP contribution >= 0.6 is 11.8 Å². The number of thioether (sulfide) groups is 1. The Morgan fingerprint density at radius 2 is 1.32 bits per heavy atom. The van der Waals surface area contributed by atoms with E-state index in [1.165, 1.54) is 6.92 Å². The number of likely N-dealkylation sites (N-methyl/N-ethyl adjacent to an activating group) is 1. The summed E-state index contributed by atoms with van der Waals surface area (Å²) in [6.45, 7) is 1.97. The standard InChI is InChI=1S/C32H33N3O2S/c1-25(36)34-30(31(37)35(2)23-21-29-20-12-13-22-33-29)24-38-32(26-14-6-3-7-15-26,27-16-8-4-9-17-27)28-18-10-5-11-19-28/h3-20,22,30H,21,23-24H2,1-2H3,(H,34,36)/t30-/m0/s1. The van der Waals surface area contributed by atoms with Gasteiger partial charge in [0.25, 0.3) is 0 Å². The maximum atomic E-state index is 13.6. The summed E-state index contributed by atoms with van der Waals surface area (Å²) < 4.78 is -0.576. The number of hydrogen-bond acceptors (Lipinski definition) is 4. The summed E-state index contributed by atoms with van der Waals surface area (Å²) in [5.74, 6) is 0.0453. The van der Waals surface area contributed by atoms with Gasteiger partial charge in [0, 0.05) is 44.6 Å². The Balaban J connectivity index is 1.66. The number of amides is 2. The quantitative estimate of drug-likeness (QED) is 0.271. The molecule has 3 aromatic carbocycles. The van der Waals surface area contributed by atoms with E-state index in [0.29, 0.717) is 18.7 Å². The summed E-state index contributed by atoms with van der Waals surface area (Å²) in [5.41, 5.74) is 4.26. The molecule has 38 heavy (non-hydrogen) atoms. The van der Waals surface area contributed by atoms with E-state index in [0.717, 1.165) is 22.4 Å². The predicted molar refractivity (Wildman–Crippen MR) is 155 cm³/mol. The summed E-state index contributed by atoms with van der Waals surface area (Å²) in [7, 11) is 1.78. The van der Waals surface area contributed by atoms with E-state index in [-0.39, 0.29) is 11.8 Å². The van der Waals surface area contributed by atoms with E-state index in [1.54, 1.807) is 29.9 Å². The summed E-state index contributed by atoms with van der Waals surface area (Å²) >= 11 is 1.66. The minimum atomic E-state index is -0.679. The molecule has 1 heterocycles. The normalized spacial score (nSPS) is 11.9. The molecule has 4 aromatic rings. The zero-order chi connectivity index (χ0) is 26.8. The number of pyridine rings is 1. The highest BCUT2D eigenvalue weighted by molar-refractivity contribution is 8.00. The van der Waals surface area contributed by atoms with Crippen LogP contribution in [-0.4, -0.2) is 47.1 Å². The molecule has 1 N–H and O–H groups in total. The van der Waals surface area contributed by atoms with Gasteiger partial charge >= 0.3 is 0 Å². The third-order valence-electron chi connectivity index (χ3n) is 6.49. The molecule has 0 aliphatic rings. The first kappa shape index (κ1) is 27.1. The van der Waals surface area contributed by atoms with E-state index in [4.69, 9.17) is 0 Å². The van der Waals surface area contributed by atoms with Crippen LogP contribution in [-0.2, 0) is 20.8 Å². The first-order chi connectivity index (χ1) is 18.5. The molecule has 6 heteroatoms. The van der Waals surface area contributed by atoms with Crippen molar-refractivity contribution < 1.29 is 9.59 Å². The molecule has 0 aliphatic heterocycles. The number of nitrogens with one attached hydrogen (secondary N) is 1. The van der Waals surface area contributed by atoms with E-state index >= 15 is 0 Å². The van der Waals surface area contributed by atoms with Crippen molar-refractivity contribution in [3.8, 4) is 0 Å². The van der Waals surface area contributed by atoms with Crippen molar-refractivity contribution >= 4 is 23.6 Å². The lowest BCUT2D eigenvalue weighted by atomic mass is 9.84. The molecule has 5 nitrogen and oxygen atoms in total. The Morgan fingerprint density at radius 3 is 1.76 bits per heavy atom. The van der Waals surface area contributed by atoms with Gasteiger partial charge in [-0.2, -0.15) is 0 Å². The second-order valence-corrected chi connectivity index (χ2v) is 10.4. The molecular weight excluding hydrogens is 490 g/mol. The molecular formula is C32H33N3O2S. The molecule has 1 atom stereocenters. The molecule has 0 radical (unpaired) electrons. The SMILES string of the molecule is CC(=O)N[C@@H](CSC(c1ccccc1)(c1ccccc1)c1ccccc1)C(=O)N(C)CCc1ccccn1. The highest BCUT2D eigenvalue weighted by atomic mass is 32.2. The third-order valence-corrected chi connectivity index (χ3v) is 8.13. The van der Waals surface area contributed by atoms with Gasteiger partial charge in [-0.3, -0.25) is 14.6 Å². The van der Waals surface area contributed by atoms with Crippen LogP contribution in [0.15, 0.2) is 115 Å². The van der Waals surface area contributed by atoms with Gasteiger partial charge in [-0.25, -0.2) is 0 Å². The molecule has 1 aromatic heterocycles. The molecule has 0 saturated heterocycles. The molecule has 0 bridgehead atoms. The number of benzene rings is 3. The monoisotopic (exact) mass is 523 g/mol. The molecule has 0 aliphatic carbocycles.